The fourth-order valence-corrected chi connectivity index (χ4v) is 3.00. The van der Waals surface area contributed by atoms with Crippen molar-refractivity contribution < 1.29 is 14.7 Å². The van der Waals surface area contributed by atoms with Gasteiger partial charge >= 0.3 is 5.97 Å². The molecule has 1 aromatic carbocycles. The fourth-order valence-electron chi connectivity index (χ4n) is 3.00. The van der Waals surface area contributed by atoms with Crippen molar-refractivity contribution in [3.05, 3.63) is 35.9 Å². The highest BCUT2D eigenvalue weighted by Crippen LogP contribution is 2.32. The molecule has 4 heteroatoms. The first-order valence-electron chi connectivity index (χ1n) is 7.10. The van der Waals surface area contributed by atoms with Crippen LogP contribution in [0.1, 0.15) is 38.2 Å². The number of carboxylic acid groups (broad SMARTS) is 1. The van der Waals surface area contributed by atoms with Gasteiger partial charge in [0.05, 0.1) is 6.42 Å². The summed E-state index contributed by atoms with van der Waals surface area (Å²) in [6.07, 6.45) is 3.14. The third-order valence-electron chi connectivity index (χ3n) is 3.99. The summed E-state index contributed by atoms with van der Waals surface area (Å²) >= 11 is 0. The highest BCUT2D eigenvalue weighted by molar-refractivity contribution is 5.88. The molecule has 108 valence electrons. The second-order valence-corrected chi connectivity index (χ2v) is 5.80. The van der Waals surface area contributed by atoms with Gasteiger partial charge in [0.1, 0.15) is 5.54 Å². The van der Waals surface area contributed by atoms with Crippen LogP contribution in [0.4, 0.5) is 0 Å². The maximum Gasteiger partial charge on any atom is 0.329 e. The van der Waals surface area contributed by atoms with Gasteiger partial charge in [-0.2, -0.15) is 0 Å². The molecule has 0 spiro atoms. The number of rotatable bonds is 4. The first-order valence-corrected chi connectivity index (χ1v) is 7.10. The highest BCUT2D eigenvalue weighted by Gasteiger charge is 2.42. The molecule has 2 unspecified atom stereocenters. The van der Waals surface area contributed by atoms with Crippen LogP contribution in [0.5, 0.6) is 0 Å². The Morgan fingerprint density at radius 2 is 2.05 bits per heavy atom. The van der Waals surface area contributed by atoms with E-state index in [1.807, 2.05) is 37.3 Å². The molecule has 0 saturated heterocycles. The van der Waals surface area contributed by atoms with Crippen LogP contribution in [0.2, 0.25) is 0 Å². The minimum Gasteiger partial charge on any atom is -0.480 e. The maximum atomic E-state index is 12.1. The third-order valence-corrected chi connectivity index (χ3v) is 3.99. The predicted molar refractivity (Wildman–Crippen MR) is 76.3 cm³/mol. The summed E-state index contributed by atoms with van der Waals surface area (Å²) in [5.74, 6) is -0.796. The number of aliphatic carboxylic acids is 1. The quantitative estimate of drug-likeness (QED) is 0.886. The van der Waals surface area contributed by atoms with E-state index in [2.05, 4.69) is 5.32 Å². The lowest BCUT2D eigenvalue weighted by molar-refractivity contribution is -0.150. The topological polar surface area (TPSA) is 66.4 Å². The van der Waals surface area contributed by atoms with Crippen LogP contribution < -0.4 is 5.32 Å². The van der Waals surface area contributed by atoms with Crippen molar-refractivity contribution in [3.63, 3.8) is 0 Å². The van der Waals surface area contributed by atoms with Crippen molar-refractivity contribution in [1.82, 2.24) is 5.32 Å². The van der Waals surface area contributed by atoms with Crippen LogP contribution >= 0.6 is 0 Å². The Balaban J connectivity index is 2.05. The summed E-state index contributed by atoms with van der Waals surface area (Å²) in [7, 11) is 0. The van der Waals surface area contributed by atoms with Gasteiger partial charge in [0, 0.05) is 0 Å². The molecule has 2 N–H and O–H groups in total. The van der Waals surface area contributed by atoms with E-state index in [0.717, 1.165) is 18.4 Å². The standard InChI is InChI=1S/C16H21NO3/c1-12-6-5-9-16(11-12,15(19)20)17-14(18)10-13-7-3-2-4-8-13/h2-4,7-8,12H,5-6,9-11H2,1H3,(H,17,18)(H,19,20). The van der Waals surface area contributed by atoms with Gasteiger partial charge in [-0.25, -0.2) is 4.79 Å². The number of hydrogen-bond donors (Lipinski definition) is 2. The highest BCUT2D eigenvalue weighted by atomic mass is 16.4. The van der Waals surface area contributed by atoms with Gasteiger partial charge in [0.25, 0.3) is 0 Å². The summed E-state index contributed by atoms with van der Waals surface area (Å²) in [6, 6.07) is 9.38. The molecule has 20 heavy (non-hydrogen) atoms. The smallest absolute Gasteiger partial charge is 0.329 e. The molecule has 1 amide bonds. The van der Waals surface area contributed by atoms with Crippen molar-refractivity contribution in [1.29, 1.82) is 0 Å². The normalized spacial score (nSPS) is 25.9. The molecule has 1 aliphatic rings. The molecule has 0 heterocycles. The van der Waals surface area contributed by atoms with E-state index in [1.165, 1.54) is 0 Å². The molecule has 4 nitrogen and oxygen atoms in total. The molecule has 1 fully saturated rings. The van der Waals surface area contributed by atoms with Crippen molar-refractivity contribution in [2.45, 2.75) is 44.6 Å². The van der Waals surface area contributed by atoms with E-state index in [4.69, 9.17) is 0 Å². The minimum atomic E-state index is -1.08. The number of nitrogens with one attached hydrogen (secondary N) is 1. The second kappa shape index (κ2) is 6.07. The molecule has 1 saturated carbocycles. The first kappa shape index (κ1) is 14.6. The van der Waals surface area contributed by atoms with Crippen molar-refractivity contribution in [3.8, 4) is 0 Å². The Labute approximate surface area is 119 Å². The summed E-state index contributed by atoms with van der Waals surface area (Å²) in [4.78, 5) is 23.7. The summed E-state index contributed by atoms with van der Waals surface area (Å²) in [6.45, 7) is 2.04. The third kappa shape index (κ3) is 3.38. The van der Waals surface area contributed by atoms with Crippen LogP contribution in [0, 0.1) is 5.92 Å². The van der Waals surface area contributed by atoms with Crippen LogP contribution in [0.25, 0.3) is 0 Å². The Morgan fingerprint density at radius 1 is 1.35 bits per heavy atom. The van der Waals surface area contributed by atoms with Gasteiger partial charge in [-0.05, 0) is 24.3 Å². The number of carbonyl (C=O) groups is 2. The van der Waals surface area contributed by atoms with E-state index >= 15 is 0 Å². The Bertz CT molecular complexity index is 486. The number of amides is 1. The van der Waals surface area contributed by atoms with Crippen LogP contribution in [-0.4, -0.2) is 22.5 Å². The van der Waals surface area contributed by atoms with Crippen LogP contribution in [0.15, 0.2) is 30.3 Å². The molecule has 1 aliphatic carbocycles. The SMILES string of the molecule is CC1CCCC(NC(=O)Cc2ccccc2)(C(=O)O)C1. The van der Waals surface area contributed by atoms with Gasteiger partial charge in [0.15, 0.2) is 0 Å². The largest absolute Gasteiger partial charge is 0.480 e. The molecule has 0 aliphatic heterocycles. The minimum absolute atomic E-state index is 0.215. The van der Waals surface area contributed by atoms with E-state index in [0.29, 0.717) is 18.8 Å². The zero-order valence-corrected chi connectivity index (χ0v) is 11.8. The first-order chi connectivity index (χ1) is 9.52. The molecular formula is C16H21NO3. The zero-order chi connectivity index (χ0) is 14.6. The van der Waals surface area contributed by atoms with E-state index < -0.39 is 11.5 Å². The molecule has 0 bridgehead atoms. The van der Waals surface area contributed by atoms with Gasteiger partial charge < -0.3 is 10.4 Å². The lowest BCUT2D eigenvalue weighted by Crippen LogP contribution is -2.57. The molecule has 0 aromatic heterocycles. The molecule has 2 atom stereocenters. The zero-order valence-electron chi connectivity index (χ0n) is 11.8. The van der Waals surface area contributed by atoms with Gasteiger partial charge in [-0.3, -0.25) is 4.79 Å². The fraction of sp³-hybridized carbons (Fsp3) is 0.500. The molecule has 0 radical (unpaired) electrons. The maximum absolute atomic E-state index is 12.1. The Hall–Kier alpha value is -1.84. The lowest BCUT2D eigenvalue weighted by atomic mass is 9.76. The van der Waals surface area contributed by atoms with Crippen molar-refractivity contribution in [2.75, 3.05) is 0 Å². The molecule has 2 rings (SSSR count). The monoisotopic (exact) mass is 275 g/mol. The van der Waals surface area contributed by atoms with E-state index in [1.54, 1.807) is 0 Å². The van der Waals surface area contributed by atoms with Gasteiger partial charge in [-0.1, -0.05) is 50.1 Å². The van der Waals surface area contributed by atoms with Crippen LogP contribution in [0.3, 0.4) is 0 Å². The second-order valence-electron chi connectivity index (χ2n) is 5.80. The Kier molecular flexibility index (Phi) is 4.42. The predicted octanol–water partition coefficient (Wildman–Crippen LogP) is 2.38. The van der Waals surface area contributed by atoms with Crippen molar-refractivity contribution in [2.24, 2.45) is 5.92 Å². The summed E-state index contributed by atoms with van der Waals surface area (Å²) < 4.78 is 0. The number of carboxylic acids is 1. The Morgan fingerprint density at radius 3 is 2.65 bits per heavy atom. The number of benzene rings is 1. The summed E-state index contributed by atoms with van der Waals surface area (Å²) in [5, 5.41) is 12.3. The average Bonchev–Trinajstić information content (AvgIpc) is 2.39. The van der Waals surface area contributed by atoms with Crippen LogP contribution in [-0.2, 0) is 16.0 Å². The van der Waals surface area contributed by atoms with Gasteiger partial charge in [-0.15, -0.1) is 0 Å². The van der Waals surface area contributed by atoms with Gasteiger partial charge in [0.2, 0.25) is 5.91 Å². The number of hydrogen-bond acceptors (Lipinski definition) is 2. The lowest BCUT2D eigenvalue weighted by Gasteiger charge is -2.37. The average molecular weight is 275 g/mol. The van der Waals surface area contributed by atoms with E-state index in [9.17, 15) is 14.7 Å². The van der Waals surface area contributed by atoms with E-state index in [-0.39, 0.29) is 12.3 Å². The molecular weight excluding hydrogens is 254 g/mol. The summed E-state index contributed by atoms with van der Waals surface area (Å²) in [5.41, 5.74) is -0.182. The number of carbonyl (C=O) groups excluding carboxylic acids is 1. The molecule has 1 aromatic rings. The van der Waals surface area contributed by atoms with Crippen molar-refractivity contribution >= 4 is 11.9 Å².